The zero-order valence-electron chi connectivity index (χ0n) is 10.9. The van der Waals surface area contributed by atoms with Crippen molar-refractivity contribution in [2.45, 2.75) is 13.5 Å². The Hall–Kier alpha value is -2.76. The van der Waals surface area contributed by atoms with Gasteiger partial charge in [-0.2, -0.15) is 0 Å². The van der Waals surface area contributed by atoms with Gasteiger partial charge in [0.05, 0.1) is 6.54 Å². The van der Waals surface area contributed by atoms with Crippen LogP contribution < -0.4 is 16.1 Å². The van der Waals surface area contributed by atoms with Gasteiger partial charge in [-0.1, -0.05) is 0 Å². The Bertz CT molecular complexity index is 662. The van der Waals surface area contributed by atoms with E-state index in [0.717, 1.165) is 11.4 Å². The van der Waals surface area contributed by atoms with Gasteiger partial charge in [-0.15, -0.1) is 0 Å². The standard InChI is InChI=1S/C14H15N3O3/c1-9(18)17-11-4-2-10(3-5-11)15-7-12-6-13(19)14(20)8-16-12/h2-6,8,15,20H,7H2,1H3,(H,16,19)(H,17,18). The Morgan fingerprint density at radius 2 is 1.90 bits per heavy atom. The van der Waals surface area contributed by atoms with Gasteiger partial charge in [0.2, 0.25) is 11.3 Å². The molecule has 1 aromatic carbocycles. The van der Waals surface area contributed by atoms with Crippen molar-refractivity contribution in [3.05, 3.63) is 52.4 Å². The maximum absolute atomic E-state index is 11.3. The third kappa shape index (κ3) is 3.61. The normalized spacial score (nSPS) is 10.1. The van der Waals surface area contributed by atoms with Crippen molar-refractivity contribution in [3.63, 3.8) is 0 Å². The Morgan fingerprint density at radius 1 is 1.25 bits per heavy atom. The van der Waals surface area contributed by atoms with Crippen molar-refractivity contribution < 1.29 is 9.90 Å². The topological polar surface area (TPSA) is 94.2 Å². The highest BCUT2D eigenvalue weighted by atomic mass is 16.3. The largest absolute Gasteiger partial charge is 0.503 e. The number of carbonyl (C=O) groups is 1. The zero-order valence-corrected chi connectivity index (χ0v) is 10.9. The number of amides is 1. The predicted octanol–water partition coefficient (Wildman–Crippen LogP) is 1.65. The second kappa shape index (κ2) is 5.92. The molecule has 2 aromatic rings. The van der Waals surface area contributed by atoms with E-state index in [1.54, 1.807) is 12.1 Å². The second-order valence-corrected chi connectivity index (χ2v) is 4.32. The fourth-order valence-corrected chi connectivity index (χ4v) is 1.68. The molecule has 1 aromatic heterocycles. The van der Waals surface area contributed by atoms with E-state index in [4.69, 9.17) is 5.11 Å². The highest BCUT2D eigenvalue weighted by Gasteiger charge is 2.00. The van der Waals surface area contributed by atoms with Crippen LogP contribution >= 0.6 is 0 Å². The average molecular weight is 273 g/mol. The van der Waals surface area contributed by atoms with Gasteiger partial charge in [-0.3, -0.25) is 9.59 Å². The van der Waals surface area contributed by atoms with Crippen LogP contribution in [-0.4, -0.2) is 16.0 Å². The second-order valence-electron chi connectivity index (χ2n) is 4.32. The van der Waals surface area contributed by atoms with Gasteiger partial charge in [-0.25, -0.2) is 0 Å². The predicted molar refractivity (Wildman–Crippen MR) is 76.8 cm³/mol. The molecule has 0 spiro atoms. The number of hydrogen-bond acceptors (Lipinski definition) is 4. The van der Waals surface area contributed by atoms with E-state index in [1.807, 2.05) is 12.1 Å². The quantitative estimate of drug-likeness (QED) is 0.681. The molecule has 104 valence electrons. The summed E-state index contributed by atoms with van der Waals surface area (Å²) >= 11 is 0. The van der Waals surface area contributed by atoms with E-state index in [9.17, 15) is 9.59 Å². The van der Waals surface area contributed by atoms with Crippen LogP contribution in [0.1, 0.15) is 12.6 Å². The number of rotatable bonds is 4. The number of pyridine rings is 1. The van der Waals surface area contributed by atoms with Crippen molar-refractivity contribution >= 4 is 17.3 Å². The summed E-state index contributed by atoms with van der Waals surface area (Å²) in [6.07, 6.45) is 1.26. The molecule has 0 bridgehead atoms. The summed E-state index contributed by atoms with van der Waals surface area (Å²) in [5.74, 6) is -0.416. The Balaban J connectivity index is 1.98. The summed E-state index contributed by atoms with van der Waals surface area (Å²) < 4.78 is 0. The minimum atomic E-state index is -0.415. The van der Waals surface area contributed by atoms with Gasteiger partial charge in [0.15, 0.2) is 5.75 Å². The lowest BCUT2D eigenvalue weighted by molar-refractivity contribution is -0.114. The lowest BCUT2D eigenvalue weighted by Gasteiger charge is -2.08. The molecule has 0 aliphatic rings. The molecule has 1 amide bonds. The lowest BCUT2D eigenvalue weighted by Crippen LogP contribution is -2.08. The summed E-state index contributed by atoms with van der Waals surface area (Å²) in [5.41, 5.74) is 1.83. The molecule has 1 heterocycles. The Morgan fingerprint density at radius 3 is 2.50 bits per heavy atom. The van der Waals surface area contributed by atoms with Gasteiger partial charge >= 0.3 is 0 Å². The van der Waals surface area contributed by atoms with E-state index in [-0.39, 0.29) is 11.7 Å². The first-order valence-electron chi connectivity index (χ1n) is 6.07. The van der Waals surface area contributed by atoms with E-state index in [0.29, 0.717) is 12.2 Å². The van der Waals surface area contributed by atoms with E-state index >= 15 is 0 Å². The summed E-state index contributed by atoms with van der Waals surface area (Å²) in [4.78, 5) is 25.0. The van der Waals surface area contributed by atoms with E-state index < -0.39 is 5.43 Å². The molecule has 6 heteroatoms. The highest BCUT2D eigenvalue weighted by Crippen LogP contribution is 2.14. The summed E-state index contributed by atoms with van der Waals surface area (Å²) in [6.45, 7) is 1.88. The van der Waals surface area contributed by atoms with Crippen molar-refractivity contribution in [1.82, 2.24) is 4.98 Å². The van der Waals surface area contributed by atoms with Crippen LogP contribution in [0.5, 0.6) is 5.75 Å². The van der Waals surface area contributed by atoms with Crippen LogP contribution in [0.2, 0.25) is 0 Å². The molecule has 20 heavy (non-hydrogen) atoms. The molecule has 6 nitrogen and oxygen atoms in total. The number of carbonyl (C=O) groups excluding carboxylic acids is 1. The van der Waals surface area contributed by atoms with Gasteiger partial charge in [0.25, 0.3) is 0 Å². The minimum Gasteiger partial charge on any atom is -0.503 e. The summed E-state index contributed by atoms with van der Waals surface area (Å²) in [5, 5.41) is 14.9. The molecular weight excluding hydrogens is 258 g/mol. The number of H-pyrrole nitrogens is 1. The third-order valence-electron chi connectivity index (χ3n) is 2.64. The van der Waals surface area contributed by atoms with Crippen molar-refractivity contribution in [2.24, 2.45) is 0 Å². The highest BCUT2D eigenvalue weighted by molar-refractivity contribution is 5.88. The fourth-order valence-electron chi connectivity index (χ4n) is 1.68. The van der Waals surface area contributed by atoms with Crippen LogP contribution in [0.3, 0.4) is 0 Å². The maximum atomic E-state index is 11.3. The molecule has 2 rings (SSSR count). The molecule has 0 aliphatic heterocycles. The van der Waals surface area contributed by atoms with Crippen molar-refractivity contribution in [2.75, 3.05) is 10.6 Å². The number of benzene rings is 1. The number of hydrogen-bond donors (Lipinski definition) is 4. The Labute approximate surface area is 115 Å². The van der Waals surface area contributed by atoms with Crippen LogP contribution in [0.4, 0.5) is 11.4 Å². The van der Waals surface area contributed by atoms with Crippen LogP contribution in [-0.2, 0) is 11.3 Å². The van der Waals surface area contributed by atoms with Crippen molar-refractivity contribution in [1.29, 1.82) is 0 Å². The van der Waals surface area contributed by atoms with Gasteiger partial charge < -0.3 is 20.7 Å². The number of aromatic nitrogens is 1. The van der Waals surface area contributed by atoms with E-state index in [2.05, 4.69) is 15.6 Å². The first-order valence-corrected chi connectivity index (χ1v) is 6.07. The molecule has 0 unspecified atom stereocenters. The number of anilines is 2. The number of nitrogens with one attached hydrogen (secondary N) is 3. The lowest BCUT2D eigenvalue weighted by atomic mass is 10.2. The smallest absolute Gasteiger partial charge is 0.223 e. The first kappa shape index (κ1) is 13.7. The fraction of sp³-hybridized carbons (Fsp3) is 0.143. The summed E-state index contributed by atoms with van der Waals surface area (Å²) in [7, 11) is 0. The minimum absolute atomic E-state index is 0.118. The molecular formula is C14H15N3O3. The number of aromatic amines is 1. The SMILES string of the molecule is CC(=O)Nc1ccc(NCc2cc(=O)c(O)c[nH]2)cc1. The van der Waals surface area contributed by atoms with Crippen LogP contribution in [0.25, 0.3) is 0 Å². The third-order valence-corrected chi connectivity index (χ3v) is 2.64. The first-order chi connectivity index (χ1) is 9.54. The summed E-state index contributed by atoms with van der Waals surface area (Å²) in [6, 6.07) is 8.55. The van der Waals surface area contributed by atoms with Crippen LogP contribution in [0, 0.1) is 0 Å². The molecule has 0 atom stereocenters. The molecule has 0 fully saturated rings. The molecule has 0 aliphatic carbocycles. The van der Waals surface area contributed by atoms with Gasteiger partial charge in [0.1, 0.15) is 0 Å². The Kier molecular flexibility index (Phi) is 4.05. The van der Waals surface area contributed by atoms with Crippen molar-refractivity contribution in [3.8, 4) is 5.75 Å². The molecule has 0 radical (unpaired) electrons. The average Bonchev–Trinajstić information content (AvgIpc) is 2.41. The zero-order chi connectivity index (χ0) is 14.5. The molecule has 0 saturated heterocycles. The maximum Gasteiger partial charge on any atom is 0.223 e. The van der Waals surface area contributed by atoms with Gasteiger partial charge in [0, 0.05) is 36.3 Å². The van der Waals surface area contributed by atoms with Crippen LogP contribution in [0.15, 0.2) is 41.3 Å². The van der Waals surface area contributed by atoms with E-state index in [1.165, 1.54) is 19.2 Å². The molecule has 0 saturated carbocycles. The van der Waals surface area contributed by atoms with Gasteiger partial charge in [-0.05, 0) is 24.3 Å². The monoisotopic (exact) mass is 273 g/mol. The molecule has 4 N–H and O–H groups in total. The number of aromatic hydroxyl groups is 1.